The van der Waals surface area contributed by atoms with Gasteiger partial charge < -0.3 is 15.0 Å². The number of likely N-dealkylation sites (N-methyl/N-ethyl adjacent to an activating group) is 1. The smallest absolute Gasteiger partial charge is 0.224 e. The quantitative estimate of drug-likeness (QED) is 0.880. The van der Waals surface area contributed by atoms with E-state index >= 15 is 0 Å². The molecule has 1 aromatic heterocycles. The van der Waals surface area contributed by atoms with E-state index in [9.17, 15) is 0 Å². The van der Waals surface area contributed by atoms with Crippen molar-refractivity contribution in [1.29, 1.82) is 0 Å². The van der Waals surface area contributed by atoms with Crippen molar-refractivity contribution in [3.8, 4) is 5.75 Å². The Morgan fingerprint density at radius 3 is 3.05 bits per heavy atom. The molecule has 0 amide bonds. The number of fused-ring (bicyclic) bond motifs is 1. The van der Waals surface area contributed by atoms with Crippen molar-refractivity contribution in [1.82, 2.24) is 15.3 Å². The minimum Gasteiger partial charge on any atom is -0.497 e. The zero-order valence-electron chi connectivity index (χ0n) is 12.3. The highest BCUT2D eigenvalue weighted by Gasteiger charge is 2.24. The molecule has 0 saturated carbocycles. The summed E-state index contributed by atoms with van der Waals surface area (Å²) in [6.07, 6.45) is 1.11. The van der Waals surface area contributed by atoms with E-state index in [2.05, 4.69) is 27.1 Å². The maximum Gasteiger partial charge on any atom is 0.224 e. The van der Waals surface area contributed by atoms with Crippen LogP contribution in [0.25, 0.3) is 10.9 Å². The Morgan fingerprint density at radius 2 is 2.29 bits per heavy atom. The van der Waals surface area contributed by atoms with Crippen molar-refractivity contribution in [2.24, 2.45) is 0 Å². The molecule has 1 aliphatic rings. The molecule has 1 fully saturated rings. The van der Waals surface area contributed by atoms with E-state index in [1.807, 2.05) is 18.2 Å². The van der Waals surface area contributed by atoms with Crippen molar-refractivity contribution in [2.75, 3.05) is 31.6 Å². The summed E-state index contributed by atoms with van der Waals surface area (Å²) < 4.78 is 5.31. The highest BCUT2D eigenvalue weighted by Crippen LogP contribution is 2.30. The van der Waals surface area contributed by atoms with Crippen molar-refractivity contribution in [3.63, 3.8) is 0 Å². The molecule has 1 atom stereocenters. The van der Waals surface area contributed by atoms with Crippen LogP contribution in [-0.2, 0) is 0 Å². The second kappa shape index (κ2) is 6.03. The fourth-order valence-corrected chi connectivity index (χ4v) is 3.01. The van der Waals surface area contributed by atoms with Gasteiger partial charge >= 0.3 is 0 Å². The highest BCUT2D eigenvalue weighted by molar-refractivity contribution is 6.28. The summed E-state index contributed by atoms with van der Waals surface area (Å²) >= 11 is 6.08. The summed E-state index contributed by atoms with van der Waals surface area (Å²) in [5, 5.41) is 4.76. The fraction of sp³-hybridized carbons (Fsp3) is 0.467. The lowest BCUT2D eigenvalue weighted by Crippen LogP contribution is -2.32. The standard InChI is InChI=1S/C15H19ClN4O/c1-3-17-10-6-7-20(9-10)14-12-8-11(21-2)4-5-13(12)18-15(16)19-14/h4-5,8,10,17H,3,6-7,9H2,1-2H3. The number of nitrogens with one attached hydrogen (secondary N) is 1. The Balaban J connectivity index is 2.00. The van der Waals surface area contributed by atoms with Gasteiger partial charge in [-0.15, -0.1) is 0 Å². The fourth-order valence-electron chi connectivity index (χ4n) is 2.84. The third kappa shape index (κ3) is 2.89. The second-order valence-corrected chi connectivity index (χ2v) is 5.53. The van der Waals surface area contributed by atoms with E-state index in [-0.39, 0.29) is 5.28 Å². The van der Waals surface area contributed by atoms with Crippen molar-refractivity contribution >= 4 is 28.3 Å². The highest BCUT2D eigenvalue weighted by atomic mass is 35.5. The maximum absolute atomic E-state index is 6.08. The van der Waals surface area contributed by atoms with Crippen LogP contribution in [0.15, 0.2) is 18.2 Å². The first-order chi connectivity index (χ1) is 10.2. The second-order valence-electron chi connectivity index (χ2n) is 5.19. The molecule has 1 unspecified atom stereocenters. The van der Waals surface area contributed by atoms with Crippen LogP contribution in [0.4, 0.5) is 5.82 Å². The lowest BCUT2D eigenvalue weighted by molar-refractivity contribution is 0.415. The van der Waals surface area contributed by atoms with Crippen LogP contribution in [0.2, 0.25) is 5.28 Å². The zero-order chi connectivity index (χ0) is 14.8. The van der Waals surface area contributed by atoms with Gasteiger partial charge in [0.15, 0.2) is 0 Å². The van der Waals surface area contributed by atoms with Gasteiger partial charge in [0.1, 0.15) is 11.6 Å². The molecule has 1 saturated heterocycles. The first-order valence-electron chi connectivity index (χ1n) is 7.21. The molecule has 0 radical (unpaired) electrons. The van der Waals surface area contributed by atoms with Crippen LogP contribution in [-0.4, -0.2) is 42.8 Å². The molecule has 1 N–H and O–H groups in total. The minimum atomic E-state index is 0.287. The largest absolute Gasteiger partial charge is 0.497 e. The molecule has 1 aromatic carbocycles. The lowest BCUT2D eigenvalue weighted by Gasteiger charge is -2.20. The Morgan fingerprint density at radius 1 is 1.43 bits per heavy atom. The van der Waals surface area contributed by atoms with Crippen molar-refractivity contribution in [3.05, 3.63) is 23.5 Å². The van der Waals surface area contributed by atoms with E-state index in [0.717, 1.165) is 48.5 Å². The van der Waals surface area contributed by atoms with Gasteiger partial charge in [-0.25, -0.2) is 4.98 Å². The van der Waals surface area contributed by atoms with E-state index in [0.29, 0.717) is 6.04 Å². The van der Waals surface area contributed by atoms with Gasteiger partial charge in [-0.2, -0.15) is 4.98 Å². The van der Waals surface area contributed by atoms with Crippen LogP contribution >= 0.6 is 11.6 Å². The number of halogens is 1. The van der Waals surface area contributed by atoms with Gasteiger partial charge in [-0.3, -0.25) is 0 Å². The number of methoxy groups -OCH3 is 1. The Hall–Kier alpha value is -1.59. The Labute approximate surface area is 129 Å². The average molecular weight is 307 g/mol. The third-order valence-corrected chi connectivity index (χ3v) is 4.01. The molecule has 0 spiro atoms. The number of benzene rings is 1. The summed E-state index contributed by atoms with van der Waals surface area (Å²) in [5.74, 6) is 1.70. The molecule has 0 aliphatic carbocycles. The molecule has 2 aromatic rings. The van der Waals surface area contributed by atoms with E-state index < -0.39 is 0 Å². The number of nitrogens with zero attached hydrogens (tertiary/aromatic N) is 3. The number of ether oxygens (including phenoxy) is 1. The summed E-state index contributed by atoms with van der Waals surface area (Å²) in [6.45, 7) is 5.02. The van der Waals surface area contributed by atoms with Gasteiger partial charge in [-0.1, -0.05) is 6.92 Å². The number of hydrogen-bond donors (Lipinski definition) is 1. The van der Waals surface area contributed by atoms with Crippen LogP contribution in [0.5, 0.6) is 5.75 Å². The van der Waals surface area contributed by atoms with Crippen molar-refractivity contribution in [2.45, 2.75) is 19.4 Å². The van der Waals surface area contributed by atoms with E-state index in [4.69, 9.17) is 16.3 Å². The van der Waals surface area contributed by atoms with Crippen LogP contribution in [0.3, 0.4) is 0 Å². The summed E-state index contributed by atoms with van der Waals surface area (Å²) in [6, 6.07) is 6.29. The summed E-state index contributed by atoms with van der Waals surface area (Å²) in [5.41, 5.74) is 0.845. The van der Waals surface area contributed by atoms with E-state index in [1.54, 1.807) is 7.11 Å². The first-order valence-corrected chi connectivity index (χ1v) is 7.58. The number of aromatic nitrogens is 2. The topological polar surface area (TPSA) is 50.3 Å². The number of anilines is 1. The van der Waals surface area contributed by atoms with Crippen LogP contribution in [0, 0.1) is 0 Å². The third-order valence-electron chi connectivity index (χ3n) is 3.84. The van der Waals surface area contributed by atoms with Gasteiger partial charge in [-0.05, 0) is 42.8 Å². The summed E-state index contributed by atoms with van der Waals surface area (Å²) in [7, 11) is 1.66. The van der Waals surface area contributed by atoms with Crippen molar-refractivity contribution < 1.29 is 4.74 Å². The molecule has 1 aliphatic heterocycles. The molecular formula is C15H19ClN4O. The molecule has 21 heavy (non-hydrogen) atoms. The molecule has 3 rings (SSSR count). The lowest BCUT2D eigenvalue weighted by atomic mass is 10.2. The van der Waals surface area contributed by atoms with E-state index in [1.165, 1.54) is 0 Å². The molecule has 112 valence electrons. The van der Waals surface area contributed by atoms with Gasteiger partial charge in [0, 0.05) is 24.5 Å². The summed E-state index contributed by atoms with van der Waals surface area (Å²) in [4.78, 5) is 11.0. The monoisotopic (exact) mass is 306 g/mol. The first kappa shape index (κ1) is 14.4. The Kier molecular flexibility index (Phi) is 4.12. The molecule has 2 heterocycles. The van der Waals surface area contributed by atoms with Crippen LogP contribution < -0.4 is 15.0 Å². The van der Waals surface area contributed by atoms with Gasteiger partial charge in [0.2, 0.25) is 5.28 Å². The molecular weight excluding hydrogens is 288 g/mol. The molecule has 0 bridgehead atoms. The minimum absolute atomic E-state index is 0.287. The van der Waals surface area contributed by atoms with Gasteiger partial charge in [0.25, 0.3) is 0 Å². The molecule has 5 nitrogen and oxygen atoms in total. The maximum atomic E-state index is 6.08. The predicted molar refractivity (Wildman–Crippen MR) is 85.4 cm³/mol. The number of rotatable bonds is 4. The van der Waals surface area contributed by atoms with Crippen LogP contribution in [0.1, 0.15) is 13.3 Å². The number of hydrogen-bond acceptors (Lipinski definition) is 5. The zero-order valence-corrected chi connectivity index (χ0v) is 13.0. The average Bonchev–Trinajstić information content (AvgIpc) is 2.95. The normalized spacial score (nSPS) is 18.4. The molecule has 6 heteroatoms. The Bertz CT molecular complexity index is 649. The van der Waals surface area contributed by atoms with Gasteiger partial charge in [0.05, 0.1) is 12.6 Å². The predicted octanol–water partition coefficient (Wildman–Crippen LogP) is 2.48. The SMILES string of the molecule is CCNC1CCN(c2nc(Cl)nc3ccc(OC)cc23)C1.